The van der Waals surface area contributed by atoms with Crippen molar-refractivity contribution in [3.8, 4) is 11.5 Å². The predicted octanol–water partition coefficient (Wildman–Crippen LogP) is 6.24. The summed E-state index contributed by atoms with van der Waals surface area (Å²) in [5.41, 5.74) is 2.66. The fraction of sp³-hybridized carbons (Fsp3) is 0.0476. The maximum atomic E-state index is 6.19. The molecule has 0 spiro atoms. The molecule has 0 bridgehead atoms. The Balaban J connectivity index is 1.71. The molecule has 6 heteroatoms. The lowest BCUT2D eigenvalue weighted by atomic mass is 10.1. The summed E-state index contributed by atoms with van der Waals surface area (Å²) in [5.74, 6) is 0.918. The molecule has 27 heavy (non-hydrogen) atoms. The van der Waals surface area contributed by atoms with Gasteiger partial charge in [0.25, 0.3) is 0 Å². The molecular formula is C21H15Cl2N3O. The zero-order valence-corrected chi connectivity index (χ0v) is 15.7. The first-order valence-corrected chi connectivity index (χ1v) is 9.11. The summed E-state index contributed by atoms with van der Waals surface area (Å²) >= 11 is 12.2. The van der Waals surface area contributed by atoms with E-state index in [1.165, 1.54) is 0 Å². The van der Waals surface area contributed by atoms with Crippen molar-refractivity contribution < 1.29 is 4.42 Å². The Kier molecular flexibility index (Phi) is 5.10. The molecule has 0 aliphatic carbocycles. The molecule has 0 amide bonds. The van der Waals surface area contributed by atoms with Crippen molar-refractivity contribution in [3.05, 3.63) is 100 Å². The van der Waals surface area contributed by atoms with Crippen LogP contribution in [0.3, 0.4) is 0 Å². The third kappa shape index (κ3) is 4.13. The molecule has 1 N–H and O–H groups in total. The summed E-state index contributed by atoms with van der Waals surface area (Å²) in [6, 6.07) is 24.3. The van der Waals surface area contributed by atoms with Crippen molar-refractivity contribution >= 4 is 28.9 Å². The molecule has 1 aromatic heterocycles. The second-order valence-electron chi connectivity index (χ2n) is 5.95. The summed E-state index contributed by atoms with van der Waals surface area (Å²) in [6.07, 6.45) is 0. The number of benzene rings is 3. The largest absolute Gasteiger partial charge is 0.418 e. The van der Waals surface area contributed by atoms with Crippen LogP contribution in [0.25, 0.3) is 11.5 Å². The fourth-order valence-electron chi connectivity index (χ4n) is 2.74. The van der Waals surface area contributed by atoms with E-state index < -0.39 is 0 Å². The Morgan fingerprint density at radius 2 is 1.56 bits per heavy atom. The van der Waals surface area contributed by atoms with E-state index in [0.29, 0.717) is 21.8 Å². The molecule has 0 radical (unpaired) electrons. The number of rotatable bonds is 5. The van der Waals surface area contributed by atoms with Crippen molar-refractivity contribution in [3.63, 3.8) is 0 Å². The molecule has 0 fully saturated rings. The molecule has 0 unspecified atom stereocenters. The smallest absolute Gasteiger partial charge is 0.247 e. The maximum Gasteiger partial charge on any atom is 0.247 e. The van der Waals surface area contributed by atoms with Crippen LogP contribution in [0, 0.1) is 0 Å². The number of halogens is 2. The molecule has 4 aromatic rings. The standard InChI is InChI=1S/C21H15Cl2N3O/c22-16-9-11-18(12-10-16)24-19(15-7-4-8-17(23)13-15)21-26-25-20(27-21)14-5-2-1-3-6-14/h1-13,19,24H/t19-/m1/s1. The van der Waals surface area contributed by atoms with Gasteiger partial charge in [-0.2, -0.15) is 0 Å². The summed E-state index contributed by atoms with van der Waals surface area (Å²) in [6.45, 7) is 0. The highest BCUT2D eigenvalue weighted by molar-refractivity contribution is 6.30. The van der Waals surface area contributed by atoms with E-state index in [2.05, 4.69) is 15.5 Å². The fourth-order valence-corrected chi connectivity index (χ4v) is 3.06. The van der Waals surface area contributed by atoms with Gasteiger partial charge < -0.3 is 9.73 Å². The average Bonchev–Trinajstić information content (AvgIpc) is 3.18. The summed E-state index contributed by atoms with van der Waals surface area (Å²) in [4.78, 5) is 0. The van der Waals surface area contributed by atoms with Crippen molar-refractivity contribution in [2.75, 3.05) is 5.32 Å². The molecule has 3 aromatic carbocycles. The predicted molar refractivity (Wildman–Crippen MR) is 108 cm³/mol. The Morgan fingerprint density at radius 1 is 0.778 bits per heavy atom. The second kappa shape index (κ2) is 7.82. The molecular weight excluding hydrogens is 381 g/mol. The minimum Gasteiger partial charge on any atom is -0.418 e. The molecule has 0 aliphatic heterocycles. The van der Waals surface area contributed by atoms with Crippen molar-refractivity contribution in [2.45, 2.75) is 6.04 Å². The highest BCUT2D eigenvalue weighted by atomic mass is 35.5. The lowest BCUT2D eigenvalue weighted by Gasteiger charge is -2.17. The molecule has 1 atom stereocenters. The van der Waals surface area contributed by atoms with E-state index in [4.69, 9.17) is 27.6 Å². The zero-order valence-electron chi connectivity index (χ0n) is 14.1. The van der Waals surface area contributed by atoms with Crippen LogP contribution in [0.2, 0.25) is 10.0 Å². The third-order valence-electron chi connectivity index (χ3n) is 4.05. The normalized spacial score (nSPS) is 11.9. The number of hydrogen-bond donors (Lipinski definition) is 1. The van der Waals surface area contributed by atoms with E-state index >= 15 is 0 Å². The van der Waals surface area contributed by atoms with Crippen LogP contribution in [0.5, 0.6) is 0 Å². The first kappa shape index (κ1) is 17.6. The van der Waals surface area contributed by atoms with Gasteiger partial charge in [-0.05, 0) is 54.1 Å². The lowest BCUT2D eigenvalue weighted by Crippen LogP contribution is -2.13. The maximum absolute atomic E-state index is 6.19. The minimum atomic E-state index is -0.352. The average molecular weight is 396 g/mol. The number of nitrogens with one attached hydrogen (secondary N) is 1. The van der Waals surface area contributed by atoms with Crippen LogP contribution in [-0.2, 0) is 0 Å². The van der Waals surface area contributed by atoms with Crippen LogP contribution < -0.4 is 5.32 Å². The number of anilines is 1. The van der Waals surface area contributed by atoms with Crippen LogP contribution in [0.4, 0.5) is 5.69 Å². The third-order valence-corrected chi connectivity index (χ3v) is 4.53. The first-order valence-electron chi connectivity index (χ1n) is 8.35. The quantitative estimate of drug-likeness (QED) is 0.434. The van der Waals surface area contributed by atoms with Crippen molar-refractivity contribution in [1.82, 2.24) is 10.2 Å². The van der Waals surface area contributed by atoms with Crippen LogP contribution in [0.1, 0.15) is 17.5 Å². The number of hydrogen-bond acceptors (Lipinski definition) is 4. The summed E-state index contributed by atoms with van der Waals surface area (Å²) in [7, 11) is 0. The first-order chi connectivity index (χ1) is 13.2. The monoisotopic (exact) mass is 395 g/mol. The van der Waals surface area contributed by atoms with Crippen LogP contribution in [-0.4, -0.2) is 10.2 Å². The Bertz CT molecular complexity index is 1030. The highest BCUT2D eigenvalue weighted by Crippen LogP contribution is 2.30. The molecule has 4 rings (SSSR count). The topological polar surface area (TPSA) is 51.0 Å². The van der Waals surface area contributed by atoms with Gasteiger partial charge in [-0.1, -0.05) is 53.5 Å². The zero-order chi connectivity index (χ0) is 18.6. The molecule has 4 nitrogen and oxygen atoms in total. The number of aromatic nitrogens is 2. The van der Waals surface area contributed by atoms with E-state index in [1.54, 1.807) is 0 Å². The van der Waals surface area contributed by atoms with E-state index in [1.807, 2.05) is 78.9 Å². The summed E-state index contributed by atoms with van der Waals surface area (Å²) in [5, 5.41) is 13.2. The van der Waals surface area contributed by atoms with E-state index in [0.717, 1.165) is 16.8 Å². The van der Waals surface area contributed by atoms with Gasteiger partial charge >= 0.3 is 0 Å². The van der Waals surface area contributed by atoms with E-state index in [9.17, 15) is 0 Å². The van der Waals surface area contributed by atoms with Gasteiger partial charge in [0.15, 0.2) is 0 Å². The second-order valence-corrected chi connectivity index (χ2v) is 6.82. The molecule has 0 aliphatic rings. The van der Waals surface area contributed by atoms with Gasteiger partial charge in [-0.25, -0.2) is 0 Å². The Labute approximate surface area is 166 Å². The lowest BCUT2D eigenvalue weighted by molar-refractivity contribution is 0.494. The SMILES string of the molecule is Clc1ccc(N[C@H](c2cccc(Cl)c2)c2nnc(-c3ccccc3)o2)cc1. The van der Waals surface area contributed by atoms with Gasteiger partial charge in [-0.3, -0.25) is 0 Å². The molecule has 134 valence electrons. The molecule has 0 saturated carbocycles. The van der Waals surface area contributed by atoms with Crippen molar-refractivity contribution in [1.29, 1.82) is 0 Å². The highest BCUT2D eigenvalue weighted by Gasteiger charge is 2.22. The van der Waals surface area contributed by atoms with E-state index in [-0.39, 0.29) is 6.04 Å². The van der Waals surface area contributed by atoms with Gasteiger partial charge in [0.1, 0.15) is 6.04 Å². The minimum absolute atomic E-state index is 0.352. The van der Waals surface area contributed by atoms with Crippen LogP contribution in [0.15, 0.2) is 83.3 Å². The van der Waals surface area contributed by atoms with Crippen molar-refractivity contribution in [2.24, 2.45) is 0 Å². The van der Waals surface area contributed by atoms with Crippen LogP contribution >= 0.6 is 23.2 Å². The Hall–Kier alpha value is -2.82. The Morgan fingerprint density at radius 3 is 2.30 bits per heavy atom. The number of nitrogens with zero attached hydrogens (tertiary/aromatic N) is 2. The van der Waals surface area contributed by atoms with Gasteiger partial charge in [-0.15, -0.1) is 10.2 Å². The summed E-state index contributed by atoms with van der Waals surface area (Å²) < 4.78 is 5.97. The van der Waals surface area contributed by atoms with Gasteiger partial charge in [0.05, 0.1) is 0 Å². The molecule has 1 heterocycles. The molecule has 0 saturated heterocycles. The van der Waals surface area contributed by atoms with Gasteiger partial charge in [0.2, 0.25) is 11.8 Å². The van der Waals surface area contributed by atoms with Gasteiger partial charge in [0, 0.05) is 21.3 Å².